The summed E-state index contributed by atoms with van der Waals surface area (Å²) in [5.74, 6) is -1.12. The van der Waals surface area contributed by atoms with Crippen molar-refractivity contribution in [3.05, 3.63) is 11.9 Å². The summed E-state index contributed by atoms with van der Waals surface area (Å²) in [5, 5.41) is 13.4. The van der Waals surface area contributed by atoms with Crippen LogP contribution in [0.25, 0.3) is 0 Å². The van der Waals surface area contributed by atoms with Crippen LogP contribution >= 0.6 is 0 Å². The SMILES string of the molecule is CC(C)Nc1cnc(C(=O)[O-])c(N)n1.[Na+]. The third kappa shape index (κ3) is 4.03. The fraction of sp³-hybridized carbons (Fsp3) is 0.375. The van der Waals surface area contributed by atoms with Gasteiger partial charge in [0.2, 0.25) is 0 Å². The minimum absolute atomic E-state index is 0. The van der Waals surface area contributed by atoms with Gasteiger partial charge in [0.1, 0.15) is 11.5 Å². The number of nitrogens with zero attached hydrogens (tertiary/aromatic N) is 2. The number of anilines is 2. The Morgan fingerprint density at radius 2 is 2.20 bits per heavy atom. The first-order chi connectivity index (χ1) is 6.50. The summed E-state index contributed by atoms with van der Waals surface area (Å²) in [5.41, 5.74) is 5.03. The van der Waals surface area contributed by atoms with Crippen molar-refractivity contribution in [2.24, 2.45) is 0 Å². The van der Waals surface area contributed by atoms with E-state index in [-0.39, 0.29) is 47.1 Å². The van der Waals surface area contributed by atoms with Crippen LogP contribution in [-0.2, 0) is 0 Å². The monoisotopic (exact) mass is 218 g/mol. The van der Waals surface area contributed by atoms with Gasteiger partial charge in [0.25, 0.3) is 0 Å². The van der Waals surface area contributed by atoms with Gasteiger partial charge in [0.15, 0.2) is 5.82 Å². The molecule has 0 saturated heterocycles. The molecule has 0 aromatic carbocycles. The molecule has 1 aromatic heterocycles. The van der Waals surface area contributed by atoms with Crippen LogP contribution in [0.15, 0.2) is 6.20 Å². The first-order valence-corrected chi connectivity index (χ1v) is 4.11. The molecule has 0 bridgehead atoms. The summed E-state index contributed by atoms with van der Waals surface area (Å²) in [4.78, 5) is 17.9. The molecule has 1 aromatic rings. The zero-order valence-corrected chi connectivity index (χ0v) is 10.9. The molecule has 76 valence electrons. The van der Waals surface area contributed by atoms with Gasteiger partial charge in [-0.05, 0) is 13.8 Å². The number of nitrogens with one attached hydrogen (secondary N) is 1. The molecule has 3 N–H and O–H groups in total. The fourth-order valence-electron chi connectivity index (χ4n) is 0.926. The van der Waals surface area contributed by atoms with Crippen molar-refractivity contribution in [2.75, 3.05) is 11.1 Å². The third-order valence-corrected chi connectivity index (χ3v) is 1.43. The summed E-state index contributed by atoms with van der Waals surface area (Å²) in [6.45, 7) is 3.84. The third-order valence-electron chi connectivity index (χ3n) is 1.43. The number of carboxylic acids is 1. The maximum absolute atomic E-state index is 10.4. The van der Waals surface area contributed by atoms with Gasteiger partial charge in [-0.3, -0.25) is 0 Å². The average molecular weight is 218 g/mol. The maximum Gasteiger partial charge on any atom is 1.00 e. The van der Waals surface area contributed by atoms with E-state index in [1.807, 2.05) is 13.8 Å². The average Bonchev–Trinajstić information content (AvgIpc) is 2.01. The minimum atomic E-state index is -1.42. The number of carbonyl (C=O) groups excluding carboxylic acids is 1. The first-order valence-electron chi connectivity index (χ1n) is 4.11. The summed E-state index contributed by atoms with van der Waals surface area (Å²) < 4.78 is 0. The molecule has 1 heterocycles. The van der Waals surface area contributed by atoms with Crippen LogP contribution in [-0.4, -0.2) is 22.0 Å². The number of hydrogen-bond donors (Lipinski definition) is 2. The van der Waals surface area contributed by atoms with E-state index in [0.29, 0.717) is 5.82 Å². The van der Waals surface area contributed by atoms with Gasteiger partial charge in [0, 0.05) is 6.04 Å². The van der Waals surface area contributed by atoms with E-state index < -0.39 is 5.97 Å². The molecule has 0 aliphatic rings. The van der Waals surface area contributed by atoms with Crippen LogP contribution < -0.4 is 45.7 Å². The van der Waals surface area contributed by atoms with Crippen molar-refractivity contribution < 1.29 is 39.5 Å². The van der Waals surface area contributed by atoms with Crippen molar-refractivity contribution >= 4 is 17.6 Å². The molecule has 0 amide bonds. The fourth-order valence-corrected chi connectivity index (χ4v) is 0.926. The van der Waals surface area contributed by atoms with E-state index in [1.165, 1.54) is 6.20 Å². The van der Waals surface area contributed by atoms with Gasteiger partial charge < -0.3 is 21.0 Å². The number of nitrogen functional groups attached to an aromatic ring is 1. The molecule has 0 aliphatic heterocycles. The molecule has 0 unspecified atom stereocenters. The summed E-state index contributed by atoms with van der Waals surface area (Å²) in [7, 11) is 0. The number of hydrogen-bond acceptors (Lipinski definition) is 6. The molecule has 7 heteroatoms. The molecule has 0 atom stereocenters. The Labute approximate surface area is 110 Å². The second-order valence-corrected chi connectivity index (χ2v) is 3.08. The smallest absolute Gasteiger partial charge is 0.543 e. The molecule has 15 heavy (non-hydrogen) atoms. The molecular weight excluding hydrogens is 207 g/mol. The Hall–Kier alpha value is -0.850. The van der Waals surface area contributed by atoms with Gasteiger partial charge >= 0.3 is 29.6 Å². The van der Waals surface area contributed by atoms with Gasteiger partial charge in [-0.2, -0.15) is 0 Å². The van der Waals surface area contributed by atoms with E-state index in [2.05, 4.69) is 15.3 Å². The Morgan fingerprint density at radius 1 is 1.60 bits per heavy atom. The second kappa shape index (κ2) is 5.89. The Morgan fingerprint density at radius 3 is 2.60 bits per heavy atom. The van der Waals surface area contributed by atoms with E-state index >= 15 is 0 Å². The van der Waals surface area contributed by atoms with Crippen LogP contribution in [0.5, 0.6) is 0 Å². The largest absolute Gasteiger partial charge is 1.00 e. The van der Waals surface area contributed by atoms with Crippen molar-refractivity contribution in [1.82, 2.24) is 9.97 Å². The van der Waals surface area contributed by atoms with Crippen molar-refractivity contribution in [2.45, 2.75) is 19.9 Å². The molecule has 0 radical (unpaired) electrons. The molecule has 0 aliphatic carbocycles. The molecule has 6 nitrogen and oxygen atoms in total. The summed E-state index contributed by atoms with van der Waals surface area (Å²) in [6.07, 6.45) is 1.31. The number of rotatable bonds is 3. The van der Waals surface area contributed by atoms with Crippen LogP contribution in [0.4, 0.5) is 11.6 Å². The minimum Gasteiger partial charge on any atom is -0.543 e. The van der Waals surface area contributed by atoms with Crippen molar-refractivity contribution in [3.8, 4) is 0 Å². The molecular formula is C8H11N4NaO2. The molecule has 0 fully saturated rings. The Bertz CT molecular complexity index is 356. The topological polar surface area (TPSA) is 104 Å². The van der Waals surface area contributed by atoms with Gasteiger partial charge in [0.05, 0.1) is 12.2 Å². The molecule has 0 saturated carbocycles. The van der Waals surface area contributed by atoms with Crippen LogP contribution in [0, 0.1) is 0 Å². The second-order valence-electron chi connectivity index (χ2n) is 3.08. The van der Waals surface area contributed by atoms with E-state index in [9.17, 15) is 9.90 Å². The first kappa shape index (κ1) is 14.2. The van der Waals surface area contributed by atoms with E-state index in [1.54, 1.807) is 0 Å². The standard InChI is InChI=1S/C8H12N4O2.Na/c1-4(2)11-5-3-10-6(8(13)14)7(9)12-5;/h3-4H,1-2H3,(H,13,14)(H3,9,11,12);/q;+1/p-1. The zero-order chi connectivity index (χ0) is 10.7. The predicted molar refractivity (Wildman–Crippen MR) is 49.5 cm³/mol. The normalized spacial score (nSPS) is 9.53. The number of carboxylic acid groups (broad SMARTS) is 1. The number of aromatic nitrogens is 2. The van der Waals surface area contributed by atoms with Crippen LogP contribution in [0.1, 0.15) is 24.3 Å². The van der Waals surface area contributed by atoms with Gasteiger partial charge in [-0.15, -0.1) is 0 Å². The maximum atomic E-state index is 10.4. The van der Waals surface area contributed by atoms with Crippen molar-refractivity contribution in [3.63, 3.8) is 0 Å². The predicted octanol–water partition coefficient (Wildman–Crippen LogP) is -3.75. The van der Waals surface area contributed by atoms with Crippen molar-refractivity contribution in [1.29, 1.82) is 0 Å². The summed E-state index contributed by atoms with van der Waals surface area (Å²) in [6, 6.07) is 0.178. The van der Waals surface area contributed by atoms with E-state index in [4.69, 9.17) is 5.73 Å². The number of aromatic carboxylic acids is 1. The van der Waals surface area contributed by atoms with E-state index in [0.717, 1.165) is 0 Å². The van der Waals surface area contributed by atoms with Crippen LogP contribution in [0.2, 0.25) is 0 Å². The number of carbonyl (C=O) groups is 1. The zero-order valence-electron chi connectivity index (χ0n) is 8.94. The van der Waals surface area contributed by atoms with Gasteiger partial charge in [-0.1, -0.05) is 0 Å². The Kier molecular flexibility index (Phi) is 5.56. The Balaban J connectivity index is 0.00000196. The quantitative estimate of drug-likeness (QED) is 0.505. The van der Waals surface area contributed by atoms with Crippen LogP contribution in [0.3, 0.4) is 0 Å². The molecule has 1 rings (SSSR count). The summed E-state index contributed by atoms with van der Waals surface area (Å²) >= 11 is 0. The number of nitrogens with two attached hydrogens (primary N) is 1. The molecule has 0 spiro atoms. The van der Waals surface area contributed by atoms with Gasteiger partial charge in [-0.25, -0.2) is 9.97 Å².